The van der Waals surface area contributed by atoms with E-state index < -0.39 is 35.1 Å². The van der Waals surface area contributed by atoms with Crippen LogP contribution in [-0.4, -0.2) is 56.6 Å². The van der Waals surface area contributed by atoms with Gasteiger partial charge in [-0.3, -0.25) is 14.4 Å². The van der Waals surface area contributed by atoms with E-state index in [1.165, 1.54) is 28.6 Å². The molecular weight excluding hydrogens is 420 g/mol. The minimum absolute atomic E-state index is 0.0850. The Morgan fingerprint density at radius 3 is 2.00 bits per heavy atom. The molecule has 0 radical (unpaired) electrons. The maximum Gasteiger partial charge on any atom is 0.325 e. The molecule has 0 aliphatic rings. The first-order valence-electron chi connectivity index (χ1n) is 9.83. The molecule has 0 fully saturated rings. The van der Waals surface area contributed by atoms with Crippen LogP contribution in [0.2, 0.25) is 0 Å². The lowest BCUT2D eigenvalue weighted by Gasteiger charge is -2.18. The third-order valence-corrected chi connectivity index (χ3v) is 6.65. The fraction of sp³-hybridized carbons (Fsp3) is 0.318. The summed E-state index contributed by atoms with van der Waals surface area (Å²) in [6.45, 7) is 5.24. The summed E-state index contributed by atoms with van der Waals surface area (Å²) < 4.78 is 31.2. The predicted molar refractivity (Wildman–Crippen MR) is 115 cm³/mol. The number of Topliss-reactive ketones (excluding diaryl/α,β-unsaturated/α-hetero) is 1. The largest absolute Gasteiger partial charge is 0.456 e. The lowest BCUT2D eigenvalue weighted by atomic mass is 10.1. The molecule has 0 unspecified atom stereocenters. The number of carbonyl (C=O) groups excluding carboxylic acids is 3. The van der Waals surface area contributed by atoms with Crippen molar-refractivity contribution in [2.45, 2.75) is 25.7 Å². The van der Waals surface area contributed by atoms with Gasteiger partial charge in [0.25, 0.3) is 5.91 Å². The van der Waals surface area contributed by atoms with Crippen LogP contribution in [0, 0.1) is 6.92 Å². The third-order valence-electron chi connectivity index (χ3n) is 4.59. The second kappa shape index (κ2) is 10.8. The molecule has 0 saturated heterocycles. The van der Waals surface area contributed by atoms with Gasteiger partial charge in [0.05, 0.1) is 4.90 Å². The number of esters is 1. The number of nitrogens with zero attached hydrogens (tertiary/aromatic N) is 1. The number of hydrogen-bond acceptors (Lipinski definition) is 6. The highest BCUT2D eigenvalue weighted by atomic mass is 32.2. The Hall–Kier alpha value is -3.04. The maximum absolute atomic E-state index is 12.5. The van der Waals surface area contributed by atoms with E-state index in [0.717, 1.165) is 5.56 Å². The van der Waals surface area contributed by atoms with Crippen molar-refractivity contribution in [2.24, 2.45) is 0 Å². The number of rotatable bonds is 10. The number of ether oxygens (including phenoxy) is 1. The molecule has 166 valence electrons. The number of nitrogens with one attached hydrogen (secondary N) is 1. The van der Waals surface area contributed by atoms with Gasteiger partial charge in [-0.15, -0.1) is 0 Å². The average molecular weight is 447 g/mol. The number of hydrogen-bond donors (Lipinski definition) is 1. The molecule has 0 aromatic heterocycles. The molecule has 0 atom stereocenters. The monoisotopic (exact) mass is 446 g/mol. The van der Waals surface area contributed by atoms with Crippen molar-refractivity contribution in [1.29, 1.82) is 0 Å². The van der Waals surface area contributed by atoms with Gasteiger partial charge < -0.3 is 10.1 Å². The second-order valence-corrected chi connectivity index (χ2v) is 8.68. The summed E-state index contributed by atoms with van der Waals surface area (Å²) in [5.74, 6) is -1.66. The van der Waals surface area contributed by atoms with Crippen molar-refractivity contribution in [3.05, 3.63) is 65.2 Å². The summed E-state index contributed by atoms with van der Waals surface area (Å²) in [7, 11) is -3.61. The smallest absolute Gasteiger partial charge is 0.325 e. The SMILES string of the molecule is CCN(CC)S(=O)(=O)c1ccc(C(=O)NCC(=O)OCC(=O)c2ccc(C)cc2)cc1. The highest BCUT2D eigenvalue weighted by Crippen LogP contribution is 2.16. The van der Waals surface area contributed by atoms with E-state index in [-0.39, 0.29) is 16.2 Å². The lowest BCUT2D eigenvalue weighted by molar-refractivity contribution is -0.141. The van der Waals surface area contributed by atoms with Gasteiger partial charge in [0.1, 0.15) is 6.54 Å². The molecular formula is C22H26N2O6S. The first-order chi connectivity index (χ1) is 14.7. The first kappa shape index (κ1) is 24.2. The molecule has 1 N–H and O–H groups in total. The van der Waals surface area contributed by atoms with Gasteiger partial charge in [0.15, 0.2) is 12.4 Å². The summed E-state index contributed by atoms with van der Waals surface area (Å²) in [6.07, 6.45) is 0. The molecule has 9 heteroatoms. The van der Waals surface area contributed by atoms with E-state index in [1.54, 1.807) is 38.1 Å². The van der Waals surface area contributed by atoms with Crippen LogP contribution in [0.15, 0.2) is 53.4 Å². The van der Waals surface area contributed by atoms with Crippen molar-refractivity contribution in [3.63, 3.8) is 0 Å². The molecule has 2 aromatic rings. The van der Waals surface area contributed by atoms with E-state index in [2.05, 4.69) is 5.32 Å². The minimum Gasteiger partial charge on any atom is -0.456 e. The molecule has 2 aromatic carbocycles. The second-order valence-electron chi connectivity index (χ2n) is 6.75. The van der Waals surface area contributed by atoms with Crippen LogP contribution in [0.4, 0.5) is 0 Å². The van der Waals surface area contributed by atoms with Gasteiger partial charge in [-0.25, -0.2) is 8.42 Å². The summed E-state index contributed by atoms with van der Waals surface area (Å²) in [5.41, 5.74) is 1.64. The summed E-state index contributed by atoms with van der Waals surface area (Å²) >= 11 is 0. The number of sulfonamides is 1. The molecule has 2 rings (SSSR count). The van der Waals surface area contributed by atoms with Gasteiger partial charge in [-0.2, -0.15) is 4.31 Å². The molecule has 8 nitrogen and oxygen atoms in total. The van der Waals surface area contributed by atoms with Crippen LogP contribution < -0.4 is 5.32 Å². The van der Waals surface area contributed by atoms with Crippen LogP contribution >= 0.6 is 0 Å². The van der Waals surface area contributed by atoms with Crippen LogP contribution in [-0.2, 0) is 19.6 Å². The lowest BCUT2D eigenvalue weighted by Crippen LogP contribution is -2.32. The van der Waals surface area contributed by atoms with Crippen LogP contribution in [0.25, 0.3) is 0 Å². The Kier molecular flexibility index (Phi) is 8.47. The zero-order valence-electron chi connectivity index (χ0n) is 17.8. The van der Waals surface area contributed by atoms with E-state index in [9.17, 15) is 22.8 Å². The highest BCUT2D eigenvalue weighted by Gasteiger charge is 2.21. The van der Waals surface area contributed by atoms with Gasteiger partial charge >= 0.3 is 5.97 Å². The standard InChI is InChI=1S/C22H26N2O6S/c1-4-24(5-2)31(28,29)19-12-10-18(11-13-19)22(27)23-14-21(26)30-15-20(25)17-8-6-16(3)7-9-17/h6-13H,4-5,14-15H2,1-3H3,(H,23,27). The minimum atomic E-state index is -3.61. The van der Waals surface area contributed by atoms with Gasteiger partial charge in [-0.05, 0) is 31.2 Å². The number of aryl methyl sites for hydroxylation is 1. The third kappa shape index (κ3) is 6.47. The average Bonchev–Trinajstić information content (AvgIpc) is 2.77. The van der Waals surface area contributed by atoms with Gasteiger partial charge in [0, 0.05) is 24.2 Å². The summed E-state index contributed by atoms with van der Waals surface area (Å²) in [4.78, 5) is 36.1. The molecule has 31 heavy (non-hydrogen) atoms. The van der Waals surface area contributed by atoms with E-state index >= 15 is 0 Å². The zero-order chi connectivity index (χ0) is 23.0. The van der Waals surface area contributed by atoms with Gasteiger partial charge in [0.2, 0.25) is 10.0 Å². The molecule has 0 aliphatic heterocycles. The summed E-state index contributed by atoms with van der Waals surface area (Å²) in [5, 5.41) is 2.39. The first-order valence-corrected chi connectivity index (χ1v) is 11.3. The number of carbonyl (C=O) groups is 3. The van der Waals surface area contributed by atoms with Crippen molar-refractivity contribution >= 4 is 27.7 Å². The van der Waals surface area contributed by atoms with Crippen molar-refractivity contribution in [3.8, 4) is 0 Å². The highest BCUT2D eigenvalue weighted by molar-refractivity contribution is 7.89. The van der Waals surface area contributed by atoms with E-state index in [0.29, 0.717) is 18.7 Å². The Bertz CT molecular complexity index is 1030. The predicted octanol–water partition coefficient (Wildman–Crippen LogP) is 2.18. The quantitative estimate of drug-likeness (QED) is 0.443. The Morgan fingerprint density at radius 1 is 0.903 bits per heavy atom. The van der Waals surface area contributed by atoms with Crippen LogP contribution in [0.1, 0.15) is 40.1 Å². The maximum atomic E-state index is 12.5. The number of amides is 1. The molecule has 0 aliphatic carbocycles. The Labute approximate surface area is 182 Å². The van der Waals surface area contributed by atoms with Crippen LogP contribution in [0.3, 0.4) is 0 Å². The number of benzene rings is 2. The molecule has 0 heterocycles. The van der Waals surface area contributed by atoms with Gasteiger partial charge in [-0.1, -0.05) is 43.7 Å². The number of ketones is 1. The molecule has 0 saturated carbocycles. The van der Waals surface area contributed by atoms with Crippen molar-refractivity contribution < 1.29 is 27.5 Å². The Balaban J connectivity index is 1.87. The van der Waals surface area contributed by atoms with E-state index in [1.807, 2.05) is 6.92 Å². The molecule has 1 amide bonds. The van der Waals surface area contributed by atoms with Crippen molar-refractivity contribution in [2.75, 3.05) is 26.2 Å². The summed E-state index contributed by atoms with van der Waals surface area (Å²) in [6, 6.07) is 12.3. The fourth-order valence-electron chi connectivity index (χ4n) is 2.77. The van der Waals surface area contributed by atoms with Crippen LogP contribution in [0.5, 0.6) is 0 Å². The zero-order valence-corrected chi connectivity index (χ0v) is 18.6. The van der Waals surface area contributed by atoms with E-state index in [4.69, 9.17) is 4.74 Å². The fourth-order valence-corrected chi connectivity index (χ4v) is 4.22. The Morgan fingerprint density at radius 2 is 1.45 bits per heavy atom. The molecule has 0 spiro atoms. The van der Waals surface area contributed by atoms with Crippen molar-refractivity contribution in [1.82, 2.24) is 9.62 Å². The normalized spacial score (nSPS) is 11.2. The molecule has 0 bridgehead atoms. The topological polar surface area (TPSA) is 110 Å².